The molecule has 2 aliphatic heterocycles. The molecule has 0 bridgehead atoms. The zero-order chi connectivity index (χ0) is 6.27. The fraction of sp³-hybridized carbons (Fsp3) is 0.333. The zero-order valence-corrected chi connectivity index (χ0v) is 5.60. The largest absolute Gasteiger partial charge is 0.306 e. The summed E-state index contributed by atoms with van der Waals surface area (Å²) in [7, 11) is 0. The second-order valence-corrected chi connectivity index (χ2v) is 3.17. The number of thioether (sulfide) groups is 1. The Labute approximate surface area is 57.9 Å². The number of hydrogen-bond acceptors (Lipinski definition) is 2. The molecule has 2 aliphatic rings. The van der Waals surface area contributed by atoms with Gasteiger partial charge in [-0.2, -0.15) is 0 Å². The smallest absolute Gasteiger partial charge is 0.234 e. The van der Waals surface area contributed by atoms with Crippen LogP contribution in [-0.2, 0) is 4.79 Å². The van der Waals surface area contributed by atoms with E-state index in [9.17, 15) is 4.79 Å². The van der Waals surface area contributed by atoms with E-state index >= 15 is 0 Å². The molecule has 1 radical (unpaired) electrons. The van der Waals surface area contributed by atoms with E-state index in [-0.39, 0.29) is 5.91 Å². The van der Waals surface area contributed by atoms with Crippen molar-refractivity contribution in [1.82, 2.24) is 4.90 Å². The third kappa shape index (κ3) is 0.678. The van der Waals surface area contributed by atoms with Gasteiger partial charge in [-0.1, -0.05) is 6.08 Å². The van der Waals surface area contributed by atoms with Gasteiger partial charge in [-0.3, -0.25) is 4.79 Å². The van der Waals surface area contributed by atoms with Gasteiger partial charge in [0.25, 0.3) is 0 Å². The van der Waals surface area contributed by atoms with Crippen LogP contribution in [0.15, 0.2) is 12.3 Å². The fourth-order valence-electron chi connectivity index (χ4n) is 0.929. The highest BCUT2D eigenvalue weighted by Gasteiger charge is 2.36. The Hall–Kier alpha value is -0.440. The molecule has 0 aromatic heterocycles. The van der Waals surface area contributed by atoms with Crippen LogP contribution in [0.3, 0.4) is 0 Å². The highest BCUT2D eigenvalue weighted by molar-refractivity contribution is 8.00. The van der Waals surface area contributed by atoms with E-state index in [4.69, 9.17) is 0 Å². The first-order valence-electron chi connectivity index (χ1n) is 2.83. The van der Waals surface area contributed by atoms with Gasteiger partial charge in [-0.05, 0) is 0 Å². The van der Waals surface area contributed by atoms with Crippen LogP contribution < -0.4 is 0 Å². The maximum absolute atomic E-state index is 10.7. The molecule has 3 heteroatoms. The molecular weight excluding hydrogens is 134 g/mol. The Bertz CT molecular complexity index is 178. The van der Waals surface area contributed by atoms with Gasteiger partial charge in [0.2, 0.25) is 5.91 Å². The average molecular weight is 140 g/mol. The number of carbonyl (C=O) groups excluding carboxylic acids is 1. The van der Waals surface area contributed by atoms with Crippen molar-refractivity contribution in [3.05, 3.63) is 18.7 Å². The number of amides is 1. The topological polar surface area (TPSA) is 20.3 Å². The van der Waals surface area contributed by atoms with Crippen LogP contribution in [0.2, 0.25) is 0 Å². The van der Waals surface area contributed by atoms with E-state index in [1.165, 1.54) is 0 Å². The number of nitrogens with zero attached hydrogens (tertiary/aromatic N) is 1. The van der Waals surface area contributed by atoms with Crippen molar-refractivity contribution in [2.45, 2.75) is 5.37 Å². The SMILES string of the molecule is O=C1[CH]C2SCC=CN12. The summed E-state index contributed by atoms with van der Waals surface area (Å²) >= 11 is 1.78. The molecule has 1 saturated heterocycles. The van der Waals surface area contributed by atoms with Crippen molar-refractivity contribution in [2.24, 2.45) is 0 Å². The molecule has 2 heterocycles. The van der Waals surface area contributed by atoms with Crippen molar-refractivity contribution in [3.63, 3.8) is 0 Å². The first-order chi connectivity index (χ1) is 4.38. The minimum atomic E-state index is 0.142. The molecule has 2 rings (SSSR count). The lowest BCUT2D eigenvalue weighted by Gasteiger charge is -2.38. The summed E-state index contributed by atoms with van der Waals surface area (Å²) in [5.41, 5.74) is 0. The van der Waals surface area contributed by atoms with E-state index in [2.05, 4.69) is 0 Å². The van der Waals surface area contributed by atoms with Crippen LogP contribution in [0.25, 0.3) is 0 Å². The highest BCUT2D eigenvalue weighted by atomic mass is 32.2. The van der Waals surface area contributed by atoms with E-state index in [1.807, 2.05) is 12.3 Å². The van der Waals surface area contributed by atoms with Crippen molar-refractivity contribution in [1.29, 1.82) is 0 Å². The van der Waals surface area contributed by atoms with Gasteiger partial charge in [0.05, 0.1) is 11.8 Å². The Balaban J connectivity index is 2.16. The van der Waals surface area contributed by atoms with Crippen LogP contribution in [-0.4, -0.2) is 21.9 Å². The van der Waals surface area contributed by atoms with Gasteiger partial charge in [0, 0.05) is 12.0 Å². The first kappa shape index (κ1) is 5.35. The second kappa shape index (κ2) is 1.77. The summed E-state index contributed by atoms with van der Waals surface area (Å²) in [5, 5.41) is 0.350. The molecule has 0 aromatic rings. The molecule has 1 atom stereocenters. The maximum atomic E-state index is 10.7. The van der Waals surface area contributed by atoms with Crippen LogP contribution in [0.5, 0.6) is 0 Å². The monoisotopic (exact) mass is 140 g/mol. The van der Waals surface area contributed by atoms with Gasteiger partial charge in [0.1, 0.15) is 0 Å². The average Bonchev–Trinajstić information content (AvgIpc) is 1.86. The van der Waals surface area contributed by atoms with Gasteiger partial charge in [0.15, 0.2) is 0 Å². The third-order valence-corrected chi connectivity index (χ3v) is 2.53. The summed E-state index contributed by atoms with van der Waals surface area (Å²) in [5.74, 6) is 1.17. The zero-order valence-electron chi connectivity index (χ0n) is 4.78. The summed E-state index contributed by atoms with van der Waals surface area (Å²) in [6.07, 6.45) is 5.61. The van der Waals surface area contributed by atoms with Crippen molar-refractivity contribution in [2.75, 3.05) is 5.75 Å². The van der Waals surface area contributed by atoms with E-state index in [0.717, 1.165) is 5.75 Å². The lowest BCUT2D eigenvalue weighted by atomic mass is 10.2. The molecule has 1 unspecified atom stereocenters. The summed E-state index contributed by atoms with van der Waals surface area (Å²) in [4.78, 5) is 12.4. The molecular formula is C6H6NOS. The van der Waals surface area contributed by atoms with Gasteiger partial charge < -0.3 is 4.90 Å². The van der Waals surface area contributed by atoms with Crippen LogP contribution >= 0.6 is 11.8 Å². The van der Waals surface area contributed by atoms with Gasteiger partial charge >= 0.3 is 0 Å². The molecule has 1 fully saturated rings. The molecule has 2 nitrogen and oxygen atoms in total. The first-order valence-corrected chi connectivity index (χ1v) is 3.88. The van der Waals surface area contributed by atoms with Crippen molar-refractivity contribution >= 4 is 17.7 Å². The summed E-state index contributed by atoms with van der Waals surface area (Å²) in [6, 6.07) is 0. The number of hydrogen-bond donors (Lipinski definition) is 0. The molecule has 0 saturated carbocycles. The Morgan fingerprint density at radius 1 is 1.78 bits per heavy atom. The number of rotatable bonds is 0. The predicted molar refractivity (Wildman–Crippen MR) is 36.5 cm³/mol. The maximum Gasteiger partial charge on any atom is 0.234 e. The lowest BCUT2D eigenvalue weighted by molar-refractivity contribution is -0.131. The summed E-state index contributed by atoms with van der Waals surface area (Å²) < 4.78 is 0. The fourth-order valence-corrected chi connectivity index (χ4v) is 1.87. The third-order valence-electron chi connectivity index (χ3n) is 1.44. The van der Waals surface area contributed by atoms with Crippen LogP contribution in [0, 0.1) is 6.42 Å². The molecule has 0 aliphatic carbocycles. The second-order valence-electron chi connectivity index (χ2n) is 2.02. The summed E-state index contributed by atoms with van der Waals surface area (Å²) in [6.45, 7) is 0. The minimum absolute atomic E-state index is 0.142. The molecule has 0 N–H and O–H groups in total. The lowest BCUT2D eigenvalue weighted by Crippen LogP contribution is -2.49. The van der Waals surface area contributed by atoms with Crippen molar-refractivity contribution in [3.8, 4) is 0 Å². The molecule has 1 amide bonds. The number of fused-ring (bicyclic) bond motifs is 1. The molecule has 9 heavy (non-hydrogen) atoms. The quantitative estimate of drug-likeness (QED) is 0.460. The van der Waals surface area contributed by atoms with Crippen molar-refractivity contribution < 1.29 is 4.79 Å². The van der Waals surface area contributed by atoms with E-state index in [1.54, 1.807) is 23.1 Å². The minimum Gasteiger partial charge on any atom is -0.306 e. The predicted octanol–water partition coefficient (Wildman–Crippen LogP) is 0.619. The van der Waals surface area contributed by atoms with Crippen LogP contribution in [0.1, 0.15) is 0 Å². The van der Waals surface area contributed by atoms with Gasteiger partial charge in [-0.15, -0.1) is 11.8 Å². The highest BCUT2D eigenvalue weighted by Crippen LogP contribution is 2.31. The normalized spacial score (nSPS) is 31.8. The van der Waals surface area contributed by atoms with Gasteiger partial charge in [-0.25, -0.2) is 0 Å². The molecule has 0 aromatic carbocycles. The Morgan fingerprint density at radius 3 is 3.22 bits per heavy atom. The van der Waals surface area contributed by atoms with Crippen LogP contribution in [0.4, 0.5) is 0 Å². The Morgan fingerprint density at radius 2 is 2.67 bits per heavy atom. The standard InChI is InChI=1S/C6H6NOS/c8-5-4-6-7(5)2-1-3-9-6/h1-2,4,6H,3H2. The van der Waals surface area contributed by atoms with E-state index < -0.39 is 0 Å². The number of β-lactam (4-membered cyclic amide) rings is 1. The Kier molecular flexibility index (Phi) is 1.05. The van der Waals surface area contributed by atoms with E-state index in [0.29, 0.717) is 5.37 Å². The molecule has 0 spiro atoms. The molecule has 47 valence electrons. The number of carbonyl (C=O) groups is 1.